The first-order valence-electron chi connectivity index (χ1n) is 4.34. The lowest BCUT2D eigenvalue weighted by Gasteiger charge is -2.18. The lowest BCUT2D eigenvalue weighted by atomic mass is 10.00. The summed E-state index contributed by atoms with van der Waals surface area (Å²) in [5.41, 5.74) is 7.84. The van der Waals surface area contributed by atoms with Gasteiger partial charge in [-0.1, -0.05) is 22.0 Å². The number of halogens is 1. The average molecular weight is 260 g/mol. The Morgan fingerprint density at radius 2 is 2.07 bits per heavy atom. The van der Waals surface area contributed by atoms with Crippen LogP contribution < -0.4 is 5.73 Å². The third-order valence-electron chi connectivity index (χ3n) is 2.14. The number of rotatable bonds is 3. The van der Waals surface area contributed by atoms with Gasteiger partial charge in [0.1, 0.15) is 6.10 Å². The molecule has 0 spiro atoms. The molecule has 14 heavy (non-hydrogen) atoms. The minimum Gasteiger partial charge on any atom is -0.399 e. The van der Waals surface area contributed by atoms with E-state index in [1.54, 1.807) is 18.2 Å². The molecular formula is C10H14BrNO2. The van der Waals surface area contributed by atoms with Gasteiger partial charge in [0.2, 0.25) is 0 Å². The Bertz CT molecular complexity index is 317. The van der Waals surface area contributed by atoms with Gasteiger partial charge in [0, 0.05) is 11.0 Å². The first-order valence-corrected chi connectivity index (χ1v) is 5.46. The highest BCUT2D eigenvalue weighted by Gasteiger charge is 2.18. The number of hydrogen-bond acceptors (Lipinski definition) is 3. The third kappa shape index (κ3) is 2.47. The van der Waals surface area contributed by atoms with Crippen molar-refractivity contribution in [1.29, 1.82) is 0 Å². The third-order valence-corrected chi connectivity index (χ3v) is 2.80. The molecule has 3 nitrogen and oxygen atoms in total. The van der Waals surface area contributed by atoms with E-state index in [4.69, 9.17) is 5.73 Å². The van der Waals surface area contributed by atoms with E-state index < -0.39 is 12.2 Å². The highest BCUT2D eigenvalue weighted by Crippen LogP contribution is 2.23. The molecule has 0 bridgehead atoms. The predicted molar refractivity (Wildman–Crippen MR) is 60.4 cm³/mol. The van der Waals surface area contributed by atoms with Crippen LogP contribution in [0, 0.1) is 6.92 Å². The zero-order chi connectivity index (χ0) is 10.7. The highest BCUT2D eigenvalue weighted by atomic mass is 79.9. The van der Waals surface area contributed by atoms with Crippen molar-refractivity contribution in [3.63, 3.8) is 0 Å². The van der Waals surface area contributed by atoms with E-state index in [0.717, 1.165) is 5.56 Å². The van der Waals surface area contributed by atoms with E-state index in [-0.39, 0.29) is 0 Å². The van der Waals surface area contributed by atoms with E-state index in [1.165, 1.54) is 0 Å². The second-order valence-corrected chi connectivity index (χ2v) is 3.93. The molecule has 0 saturated heterocycles. The van der Waals surface area contributed by atoms with E-state index >= 15 is 0 Å². The standard InChI is InChI=1S/C10H14BrNO2/c1-6-4-7(12)2-3-8(6)10(14)9(13)5-11/h2-4,9-10,13-14H,5,12H2,1H3. The highest BCUT2D eigenvalue weighted by molar-refractivity contribution is 9.09. The zero-order valence-corrected chi connectivity index (χ0v) is 9.53. The van der Waals surface area contributed by atoms with Gasteiger partial charge in [0.15, 0.2) is 0 Å². The van der Waals surface area contributed by atoms with Crippen molar-refractivity contribution in [3.05, 3.63) is 29.3 Å². The average Bonchev–Trinajstić information content (AvgIpc) is 2.15. The van der Waals surface area contributed by atoms with Gasteiger partial charge in [-0.15, -0.1) is 0 Å². The summed E-state index contributed by atoms with van der Waals surface area (Å²) in [5, 5.41) is 19.5. The van der Waals surface area contributed by atoms with E-state index in [9.17, 15) is 10.2 Å². The maximum absolute atomic E-state index is 9.74. The normalized spacial score (nSPS) is 15.1. The Morgan fingerprint density at radius 3 is 2.57 bits per heavy atom. The van der Waals surface area contributed by atoms with Gasteiger partial charge in [-0.2, -0.15) is 0 Å². The largest absolute Gasteiger partial charge is 0.399 e. The van der Waals surface area contributed by atoms with E-state index in [0.29, 0.717) is 16.6 Å². The Morgan fingerprint density at radius 1 is 1.43 bits per heavy atom. The Hall–Kier alpha value is -0.580. The molecule has 1 aromatic carbocycles. The number of aliphatic hydroxyl groups is 2. The minimum atomic E-state index is -0.866. The predicted octanol–water partition coefficient (Wildman–Crippen LogP) is 1.37. The van der Waals surface area contributed by atoms with E-state index in [1.807, 2.05) is 6.92 Å². The molecule has 2 atom stereocenters. The number of aliphatic hydroxyl groups excluding tert-OH is 2. The zero-order valence-electron chi connectivity index (χ0n) is 7.94. The van der Waals surface area contributed by atoms with Crippen LogP contribution in [0.5, 0.6) is 0 Å². The monoisotopic (exact) mass is 259 g/mol. The summed E-state index contributed by atoms with van der Waals surface area (Å²) >= 11 is 3.12. The maximum atomic E-state index is 9.74. The fraction of sp³-hybridized carbons (Fsp3) is 0.400. The van der Waals surface area contributed by atoms with Crippen molar-refractivity contribution in [1.82, 2.24) is 0 Å². The molecule has 1 aromatic rings. The number of nitrogen functional groups attached to an aromatic ring is 1. The summed E-state index contributed by atoms with van der Waals surface area (Å²) in [7, 11) is 0. The van der Waals surface area contributed by atoms with Crippen LogP contribution in [-0.2, 0) is 0 Å². The van der Waals surface area contributed by atoms with Gasteiger partial charge in [0.05, 0.1) is 6.10 Å². The molecular weight excluding hydrogens is 246 g/mol. The van der Waals surface area contributed by atoms with Gasteiger partial charge in [-0.25, -0.2) is 0 Å². The number of nitrogens with two attached hydrogens (primary N) is 1. The topological polar surface area (TPSA) is 66.5 Å². The fourth-order valence-corrected chi connectivity index (χ4v) is 1.68. The Kier molecular flexibility index (Phi) is 3.92. The number of benzene rings is 1. The number of alkyl halides is 1. The van der Waals surface area contributed by atoms with Crippen molar-refractivity contribution < 1.29 is 10.2 Å². The molecule has 0 aromatic heterocycles. The Labute approximate surface area is 91.7 Å². The molecule has 4 heteroatoms. The first-order chi connectivity index (χ1) is 6.56. The van der Waals surface area contributed by atoms with Crippen molar-refractivity contribution in [2.75, 3.05) is 11.1 Å². The van der Waals surface area contributed by atoms with Crippen molar-refractivity contribution in [2.45, 2.75) is 19.1 Å². The number of aryl methyl sites for hydroxylation is 1. The summed E-state index contributed by atoms with van der Waals surface area (Å²) in [5.74, 6) is 0. The molecule has 0 heterocycles. The van der Waals surface area contributed by atoms with Crippen LogP contribution in [0.15, 0.2) is 18.2 Å². The lowest BCUT2D eigenvalue weighted by Crippen LogP contribution is -2.20. The minimum absolute atomic E-state index is 0.345. The van der Waals surface area contributed by atoms with Crippen LogP contribution in [-0.4, -0.2) is 21.6 Å². The van der Waals surface area contributed by atoms with Crippen molar-refractivity contribution in [2.24, 2.45) is 0 Å². The second-order valence-electron chi connectivity index (χ2n) is 3.28. The molecule has 0 fully saturated rings. The molecule has 4 N–H and O–H groups in total. The van der Waals surface area contributed by atoms with Crippen LogP contribution in [0.3, 0.4) is 0 Å². The lowest BCUT2D eigenvalue weighted by molar-refractivity contribution is 0.0339. The summed E-state index contributed by atoms with van der Waals surface area (Å²) in [6, 6.07) is 5.23. The summed E-state index contributed by atoms with van der Waals surface area (Å²) in [6.07, 6.45) is -1.66. The number of hydrogen-bond donors (Lipinski definition) is 3. The molecule has 2 unspecified atom stereocenters. The number of anilines is 1. The van der Waals surface area contributed by atoms with E-state index in [2.05, 4.69) is 15.9 Å². The molecule has 0 radical (unpaired) electrons. The molecule has 0 aliphatic carbocycles. The maximum Gasteiger partial charge on any atom is 0.106 e. The first kappa shape index (κ1) is 11.5. The van der Waals surface area contributed by atoms with Crippen molar-refractivity contribution in [3.8, 4) is 0 Å². The summed E-state index contributed by atoms with van der Waals surface area (Å²) in [6.45, 7) is 1.86. The molecule has 0 saturated carbocycles. The SMILES string of the molecule is Cc1cc(N)ccc1C(O)C(O)CBr. The van der Waals surface area contributed by atoms with Crippen LogP contribution in [0.4, 0.5) is 5.69 Å². The fourth-order valence-electron chi connectivity index (χ4n) is 1.32. The smallest absolute Gasteiger partial charge is 0.106 e. The molecule has 0 aliphatic heterocycles. The van der Waals surface area contributed by atoms with Crippen molar-refractivity contribution >= 4 is 21.6 Å². The molecule has 1 rings (SSSR count). The van der Waals surface area contributed by atoms with Gasteiger partial charge in [0.25, 0.3) is 0 Å². The molecule has 0 aliphatic rings. The van der Waals surface area contributed by atoms with Gasteiger partial charge in [-0.05, 0) is 30.2 Å². The van der Waals surface area contributed by atoms with Gasteiger partial charge in [-0.3, -0.25) is 0 Å². The van der Waals surface area contributed by atoms with Crippen LogP contribution >= 0.6 is 15.9 Å². The summed E-state index contributed by atoms with van der Waals surface area (Å²) < 4.78 is 0. The van der Waals surface area contributed by atoms with Gasteiger partial charge < -0.3 is 15.9 Å². The quantitative estimate of drug-likeness (QED) is 0.568. The van der Waals surface area contributed by atoms with Gasteiger partial charge >= 0.3 is 0 Å². The van der Waals surface area contributed by atoms with Crippen LogP contribution in [0.2, 0.25) is 0 Å². The molecule has 78 valence electrons. The molecule has 0 amide bonds. The Balaban J connectivity index is 2.95. The van der Waals surface area contributed by atoms with Crippen LogP contribution in [0.1, 0.15) is 17.2 Å². The second kappa shape index (κ2) is 4.77. The van der Waals surface area contributed by atoms with Crippen LogP contribution in [0.25, 0.3) is 0 Å². The summed E-state index contributed by atoms with van der Waals surface area (Å²) in [4.78, 5) is 0.